The SMILES string of the molecule is O=C(NC(Cc1ccccc1)c1ccccc1)N1CC=C(c2c[nH]c3ncccc23)CC1. The molecule has 0 saturated heterocycles. The zero-order valence-electron chi connectivity index (χ0n) is 17.9. The van der Waals surface area contributed by atoms with Crippen LogP contribution in [0.1, 0.15) is 29.2 Å². The number of carbonyl (C=O) groups excluding carboxylic acids is 1. The number of nitrogens with zero attached hydrogens (tertiary/aromatic N) is 2. The Bertz CT molecular complexity index is 1230. The summed E-state index contributed by atoms with van der Waals surface area (Å²) in [6, 6.07) is 24.4. The van der Waals surface area contributed by atoms with Gasteiger partial charge in [0.25, 0.3) is 0 Å². The molecule has 2 amide bonds. The van der Waals surface area contributed by atoms with E-state index in [9.17, 15) is 4.79 Å². The summed E-state index contributed by atoms with van der Waals surface area (Å²) in [5.74, 6) is 0. The molecule has 0 bridgehead atoms. The minimum Gasteiger partial charge on any atom is -0.346 e. The lowest BCUT2D eigenvalue weighted by molar-refractivity contribution is 0.199. The van der Waals surface area contributed by atoms with E-state index in [0.29, 0.717) is 13.1 Å². The molecule has 1 unspecified atom stereocenters. The lowest BCUT2D eigenvalue weighted by Crippen LogP contribution is -2.44. The average molecular weight is 423 g/mol. The van der Waals surface area contributed by atoms with Crippen molar-refractivity contribution in [3.63, 3.8) is 0 Å². The third kappa shape index (κ3) is 4.28. The number of carbonyl (C=O) groups is 1. The monoisotopic (exact) mass is 422 g/mol. The van der Waals surface area contributed by atoms with Crippen molar-refractivity contribution in [2.75, 3.05) is 13.1 Å². The van der Waals surface area contributed by atoms with Gasteiger partial charge in [0.2, 0.25) is 0 Å². The normalized spacial score (nSPS) is 14.8. The van der Waals surface area contributed by atoms with Gasteiger partial charge in [0.05, 0.1) is 6.04 Å². The van der Waals surface area contributed by atoms with Crippen molar-refractivity contribution in [2.24, 2.45) is 0 Å². The molecule has 5 nitrogen and oxygen atoms in total. The van der Waals surface area contributed by atoms with Gasteiger partial charge in [-0.2, -0.15) is 0 Å². The van der Waals surface area contributed by atoms with Crippen molar-refractivity contribution >= 4 is 22.6 Å². The number of amides is 2. The summed E-state index contributed by atoms with van der Waals surface area (Å²) in [5.41, 5.74) is 5.66. The van der Waals surface area contributed by atoms with Crippen LogP contribution in [0.4, 0.5) is 4.79 Å². The van der Waals surface area contributed by atoms with E-state index in [1.807, 2.05) is 53.6 Å². The number of aromatic nitrogens is 2. The van der Waals surface area contributed by atoms with Crippen molar-refractivity contribution in [1.29, 1.82) is 0 Å². The Morgan fingerprint density at radius 3 is 2.56 bits per heavy atom. The molecule has 2 N–H and O–H groups in total. The van der Waals surface area contributed by atoms with Crippen LogP contribution in [-0.4, -0.2) is 34.0 Å². The first-order valence-corrected chi connectivity index (χ1v) is 11.0. The number of H-pyrrole nitrogens is 1. The lowest BCUT2D eigenvalue weighted by Gasteiger charge is -2.29. The van der Waals surface area contributed by atoms with Crippen LogP contribution in [0.5, 0.6) is 0 Å². The predicted octanol–water partition coefficient (Wildman–Crippen LogP) is 5.35. The highest BCUT2D eigenvalue weighted by Crippen LogP contribution is 2.28. The molecule has 0 aliphatic carbocycles. The first kappa shape index (κ1) is 20.1. The molecule has 2 aromatic heterocycles. The molecule has 4 aromatic rings. The van der Waals surface area contributed by atoms with Crippen LogP contribution in [0.2, 0.25) is 0 Å². The molecule has 0 radical (unpaired) electrons. The number of hydrogen-bond donors (Lipinski definition) is 2. The molecule has 1 atom stereocenters. The largest absolute Gasteiger partial charge is 0.346 e. The van der Waals surface area contributed by atoms with Gasteiger partial charge >= 0.3 is 6.03 Å². The molecule has 5 heteroatoms. The van der Waals surface area contributed by atoms with Gasteiger partial charge in [-0.1, -0.05) is 66.7 Å². The van der Waals surface area contributed by atoms with Crippen LogP contribution >= 0.6 is 0 Å². The van der Waals surface area contributed by atoms with Crippen molar-refractivity contribution in [3.8, 4) is 0 Å². The Balaban J connectivity index is 1.30. The second-order valence-corrected chi connectivity index (χ2v) is 8.13. The first-order chi connectivity index (χ1) is 15.8. The van der Waals surface area contributed by atoms with Crippen molar-refractivity contribution in [2.45, 2.75) is 18.9 Å². The van der Waals surface area contributed by atoms with Crippen LogP contribution in [0.3, 0.4) is 0 Å². The number of urea groups is 1. The van der Waals surface area contributed by atoms with Gasteiger partial charge < -0.3 is 15.2 Å². The van der Waals surface area contributed by atoms with Crippen molar-refractivity contribution in [1.82, 2.24) is 20.2 Å². The first-order valence-electron chi connectivity index (χ1n) is 11.0. The molecular formula is C27H26N4O. The molecule has 0 saturated carbocycles. The zero-order valence-corrected chi connectivity index (χ0v) is 17.9. The highest BCUT2D eigenvalue weighted by molar-refractivity contribution is 5.91. The molecule has 1 aliphatic heterocycles. The predicted molar refractivity (Wildman–Crippen MR) is 128 cm³/mol. The van der Waals surface area contributed by atoms with Gasteiger partial charge in [0.1, 0.15) is 5.65 Å². The van der Waals surface area contributed by atoms with Crippen LogP contribution in [-0.2, 0) is 6.42 Å². The highest BCUT2D eigenvalue weighted by atomic mass is 16.2. The summed E-state index contributed by atoms with van der Waals surface area (Å²) in [6.07, 6.45) is 7.55. The molecule has 160 valence electrons. The van der Waals surface area contributed by atoms with Gasteiger partial charge in [0, 0.05) is 36.4 Å². The van der Waals surface area contributed by atoms with E-state index < -0.39 is 0 Å². The van der Waals surface area contributed by atoms with Gasteiger partial charge in [0.15, 0.2) is 0 Å². The average Bonchev–Trinajstić information content (AvgIpc) is 3.29. The third-order valence-corrected chi connectivity index (χ3v) is 6.08. The number of nitrogens with one attached hydrogen (secondary N) is 2. The van der Waals surface area contributed by atoms with Crippen LogP contribution in [0.25, 0.3) is 16.6 Å². The summed E-state index contributed by atoms with van der Waals surface area (Å²) in [7, 11) is 0. The second-order valence-electron chi connectivity index (χ2n) is 8.13. The van der Waals surface area contributed by atoms with Gasteiger partial charge in [-0.25, -0.2) is 9.78 Å². The summed E-state index contributed by atoms with van der Waals surface area (Å²) < 4.78 is 0. The topological polar surface area (TPSA) is 61.0 Å². The van der Waals surface area contributed by atoms with E-state index in [-0.39, 0.29) is 12.1 Å². The number of aromatic amines is 1. The van der Waals surface area contributed by atoms with Crippen LogP contribution in [0, 0.1) is 0 Å². The third-order valence-electron chi connectivity index (χ3n) is 6.08. The number of hydrogen-bond acceptors (Lipinski definition) is 2. The van der Waals surface area contributed by atoms with Gasteiger partial charge in [-0.3, -0.25) is 0 Å². The number of pyridine rings is 1. The molecule has 5 rings (SSSR count). The number of fused-ring (bicyclic) bond motifs is 1. The Morgan fingerprint density at radius 1 is 1.03 bits per heavy atom. The smallest absolute Gasteiger partial charge is 0.318 e. The molecule has 0 spiro atoms. The quantitative estimate of drug-likeness (QED) is 0.456. The zero-order chi connectivity index (χ0) is 21.8. The van der Waals surface area contributed by atoms with E-state index >= 15 is 0 Å². The maximum Gasteiger partial charge on any atom is 0.318 e. The van der Waals surface area contributed by atoms with Crippen LogP contribution in [0.15, 0.2) is 91.3 Å². The highest BCUT2D eigenvalue weighted by Gasteiger charge is 2.22. The Hall–Kier alpha value is -3.86. The number of rotatable bonds is 5. The fourth-order valence-electron chi connectivity index (χ4n) is 4.35. The van der Waals surface area contributed by atoms with E-state index in [4.69, 9.17) is 0 Å². The van der Waals surface area contributed by atoms with Gasteiger partial charge in [-0.15, -0.1) is 0 Å². The summed E-state index contributed by atoms with van der Waals surface area (Å²) in [6.45, 7) is 1.29. The van der Waals surface area contributed by atoms with E-state index in [0.717, 1.165) is 29.4 Å². The molecular weight excluding hydrogens is 396 g/mol. The van der Waals surface area contributed by atoms with E-state index in [2.05, 4.69) is 51.7 Å². The van der Waals surface area contributed by atoms with Gasteiger partial charge in [-0.05, 0) is 41.7 Å². The molecule has 3 heterocycles. The molecule has 1 aliphatic rings. The van der Waals surface area contributed by atoms with Crippen molar-refractivity contribution in [3.05, 3.63) is 108 Å². The van der Waals surface area contributed by atoms with Crippen molar-refractivity contribution < 1.29 is 4.79 Å². The minimum atomic E-state index is -0.0730. The summed E-state index contributed by atoms with van der Waals surface area (Å²) in [5, 5.41) is 4.40. The second kappa shape index (κ2) is 9.10. The van der Waals surface area contributed by atoms with Crippen LogP contribution < -0.4 is 5.32 Å². The maximum atomic E-state index is 13.1. The standard InChI is InChI=1S/C27H26N4O/c32-27(30-25(22-10-5-2-6-11-22)18-20-8-3-1-4-9-20)31-16-13-21(14-17-31)24-19-29-26-23(24)12-7-15-28-26/h1-13,15,19,25H,14,16-18H2,(H,28,29)(H,30,32). The molecule has 0 fully saturated rings. The summed E-state index contributed by atoms with van der Waals surface area (Å²) >= 11 is 0. The van der Waals surface area contributed by atoms with E-state index in [1.165, 1.54) is 16.7 Å². The number of benzene rings is 2. The Kier molecular flexibility index (Phi) is 5.71. The summed E-state index contributed by atoms with van der Waals surface area (Å²) in [4.78, 5) is 22.7. The lowest BCUT2D eigenvalue weighted by atomic mass is 9.98. The maximum absolute atomic E-state index is 13.1. The Labute approximate surface area is 187 Å². The fraction of sp³-hybridized carbons (Fsp3) is 0.185. The minimum absolute atomic E-state index is 0.0225. The fourth-order valence-corrected chi connectivity index (χ4v) is 4.35. The molecule has 2 aromatic carbocycles. The molecule has 32 heavy (non-hydrogen) atoms. The Morgan fingerprint density at radius 2 is 1.81 bits per heavy atom. The van der Waals surface area contributed by atoms with E-state index in [1.54, 1.807) is 6.20 Å².